The summed E-state index contributed by atoms with van der Waals surface area (Å²) >= 11 is 5.87. The average molecular weight is 333 g/mol. The van der Waals surface area contributed by atoms with Crippen molar-refractivity contribution in [3.8, 4) is 0 Å². The number of aliphatic imine (C=N–C) groups is 1. The van der Waals surface area contributed by atoms with Crippen LogP contribution in [0.2, 0.25) is 5.02 Å². The number of aliphatic hydroxyl groups excluding tert-OH is 1. The van der Waals surface area contributed by atoms with Gasteiger partial charge in [-0.15, -0.1) is 0 Å². The molecule has 0 radical (unpaired) electrons. The normalized spacial score (nSPS) is 12.7. The van der Waals surface area contributed by atoms with Crippen LogP contribution in [-0.4, -0.2) is 29.1 Å². The number of rotatable bonds is 6. The van der Waals surface area contributed by atoms with Gasteiger partial charge in [0.2, 0.25) is 0 Å². The monoisotopic (exact) mass is 332 g/mol. The van der Waals surface area contributed by atoms with Gasteiger partial charge in [0.05, 0.1) is 12.6 Å². The Balaban J connectivity index is 1.92. The van der Waals surface area contributed by atoms with Crippen LogP contribution >= 0.6 is 11.6 Å². The van der Waals surface area contributed by atoms with Crippen molar-refractivity contribution in [1.29, 1.82) is 0 Å². The van der Waals surface area contributed by atoms with Gasteiger partial charge in [-0.25, -0.2) is 4.99 Å². The fraction of sp³-hybridized carbons (Fsp3) is 0.294. The Morgan fingerprint density at radius 3 is 2.52 bits per heavy atom. The molecule has 0 amide bonds. The van der Waals surface area contributed by atoms with E-state index in [1.54, 1.807) is 24.5 Å². The molecule has 0 aliphatic rings. The second kappa shape index (κ2) is 9.12. The Hall–Kier alpha value is -2.11. The number of aromatic nitrogens is 1. The van der Waals surface area contributed by atoms with E-state index in [0.29, 0.717) is 24.1 Å². The summed E-state index contributed by atoms with van der Waals surface area (Å²) in [6, 6.07) is 11.2. The third-order valence-electron chi connectivity index (χ3n) is 3.23. The first kappa shape index (κ1) is 17.2. The summed E-state index contributed by atoms with van der Waals surface area (Å²) in [7, 11) is 0. The van der Waals surface area contributed by atoms with Crippen molar-refractivity contribution in [3.63, 3.8) is 0 Å². The topological polar surface area (TPSA) is 69.5 Å². The molecule has 122 valence electrons. The fourth-order valence-electron chi connectivity index (χ4n) is 2.00. The minimum atomic E-state index is -0.614. The summed E-state index contributed by atoms with van der Waals surface area (Å²) in [5, 5.41) is 17.2. The highest BCUT2D eigenvalue weighted by atomic mass is 35.5. The van der Waals surface area contributed by atoms with Crippen LogP contribution in [-0.2, 0) is 6.54 Å². The first-order valence-corrected chi connectivity index (χ1v) is 7.91. The molecule has 0 saturated carbocycles. The van der Waals surface area contributed by atoms with E-state index >= 15 is 0 Å². The predicted molar refractivity (Wildman–Crippen MR) is 93.5 cm³/mol. The minimum absolute atomic E-state index is 0.371. The Labute approximate surface area is 141 Å². The molecule has 1 heterocycles. The lowest BCUT2D eigenvalue weighted by atomic mass is 10.1. The Morgan fingerprint density at radius 2 is 1.87 bits per heavy atom. The zero-order chi connectivity index (χ0) is 16.5. The standard InChI is InChI=1S/C17H21ClN4O/c1-2-20-17(21-11-13-3-5-15(18)6-4-13)22-12-16(23)14-7-9-19-10-8-14/h3-10,16,23H,2,11-12H2,1H3,(H2,20,21,22). The molecule has 0 saturated heterocycles. The molecule has 2 aromatic rings. The molecule has 1 unspecified atom stereocenters. The maximum atomic E-state index is 10.2. The minimum Gasteiger partial charge on any atom is -0.387 e. The van der Waals surface area contributed by atoms with Crippen LogP contribution in [0, 0.1) is 0 Å². The van der Waals surface area contributed by atoms with Crippen molar-refractivity contribution in [2.24, 2.45) is 4.99 Å². The molecule has 0 aliphatic carbocycles. The van der Waals surface area contributed by atoms with E-state index in [1.165, 1.54) is 0 Å². The van der Waals surface area contributed by atoms with E-state index < -0.39 is 6.10 Å². The Bertz CT molecular complexity index is 616. The van der Waals surface area contributed by atoms with E-state index in [1.807, 2.05) is 31.2 Å². The maximum absolute atomic E-state index is 10.2. The largest absolute Gasteiger partial charge is 0.387 e. The molecule has 2 rings (SSSR count). The fourth-order valence-corrected chi connectivity index (χ4v) is 2.12. The van der Waals surface area contributed by atoms with Crippen molar-refractivity contribution in [2.45, 2.75) is 19.6 Å². The first-order chi connectivity index (χ1) is 11.2. The molecule has 0 spiro atoms. The molecular formula is C17H21ClN4O. The number of guanidine groups is 1. The second-order valence-corrected chi connectivity index (χ2v) is 5.44. The van der Waals surface area contributed by atoms with Crippen molar-refractivity contribution < 1.29 is 5.11 Å². The van der Waals surface area contributed by atoms with Gasteiger partial charge >= 0.3 is 0 Å². The number of benzene rings is 1. The third-order valence-corrected chi connectivity index (χ3v) is 3.48. The number of halogens is 1. The molecule has 1 aromatic carbocycles. The summed E-state index contributed by atoms with van der Waals surface area (Å²) in [5.41, 5.74) is 1.89. The van der Waals surface area contributed by atoms with Gasteiger partial charge in [-0.2, -0.15) is 0 Å². The van der Waals surface area contributed by atoms with E-state index in [2.05, 4.69) is 20.6 Å². The highest BCUT2D eigenvalue weighted by Crippen LogP contribution is 2.11. The molecule has 5 nitrogen and oxygen atoms in total. The van der Waals surface area contributed by atoms with Crippen molar-refractivity contribution in [3.05, 3.63) is 64.9 Å². The maximum Gasteiger partial charge on any atom is 0.191 e. The van der Waals surface area contributed by atoms with Crippen LogP contribution < -0.4 is 10.6 Å². The molecule has 0 aliphatic heterocycles. The van der Waals surface area contributed by atoms with Crippen molar-refractivity contribution in [1.82, 2.24) is 15.6 Å². The molecule has 0 fully saturated rings. The zero-order valence-electron chi connectivity index (χ0n) is 13.0. The van der Waals surface area contributed by atoms with Crippen LogP contribution in [0.4, 0.5) is 0 Å². The van der Waals surface area contributed by atoms with Gasteiger partial charge in [0, 0.05) is 30.5 Å². The van der Waals surface area contributed by atoms with E-state index in [0.717, 1.165) is 17.7 Å². The van der Waals surface area contributed by atoms with Gasteiger partial charge < -0.3 is 15.7 Å². The lowest BCUT2D eigenvalue weighted by Gasteiger charge is -2.15. The van der Waals surface area contributed by atoms with Crippen LogP contribution in [0.25, 0.3) is 0 Å². The van der Waals surface area contributed by atoms with Gasteiger partial charge in [0.15, 0.2) is 5.96 Å². The molecule has 0 bridgehead atoms. The Morgan fingerprint density at radius 1 is 1.17 bits per heavy atom. The van der Waals surface area contributed by atoms with Crippen molar-refractivity contribution in [2.75, 3.05) is 13.1 Å². The SMILES string of the molecule is CCNC(=NCc1ccc(Cl)cc1)NCC(O)c1ccncc1. The number of pyridine rings is 1. The lowest BCUT2D eigenvalue weighted by Crippen LogP contribution is -2.39. The quantitative estimate of drug-likeness (QED) is 0.561. The van der Waals surface area contributed by atoms with Crippen molar-refractivity contribution >= 4 is 17.6 Å². The molecular weight excluding hydrogens is 312 g/mol. The van der Waals surface area contributed by atoms with Gasteiger partial charge in [0.1, 0.15) is 0 Å². The van der Waals surface area contributed by atoms with Gasteiger partial charge in [-0.3, -0.25) is 4.98 Å². The smallest absolute Gasteiger partial charge is 0.191 e. The number of nitrogens with one attached hydrogen (secondary N) is 2. The highest BCUT2D eigenvalue weighted by Gasteiger charge is 2.07. The molecule has 6 heteroatoms. The molecule has 3 N–H and O–H groups in total. The van der Waals surface area contributed by atoms with Gasteiger partial charge in [-0.1, -0.05) is 23.7 Å². The lowest BCUT2D eigenvalue weighted by molar-refractivity contribution is 0.180. The summed E-state index contributed by atoms with van der Waals surface area (Å²) in [6.45, 7) is 3.66. The van der Waals surface area contributed by atoms with E-state index in [4.69, 9.17) is 11.6 Å². The summed E-state index contributed by atoms with van der Waals surface area (Å²) < 4.78 is 0. The molecule has 1 atom stereocenters. The Kier molecular flexibility index (Phi) is 6.84. The summed E-state index contributed by atoms with van der Waals surface area (Å²) in [4.78, 5) is 8.45. The number of aliphatic hydroxyl groups is 1. The zero-order valence-corrected chi connectivity index (χ0v) is 13.8. The second-order valence-electron chi connectivity index (χ2n) is 5.00. The number of hydrogen-bond acceptors (Lipinski definition) is 3. The van der Waals surface area contributed by atoms with E-state index in [9.17, 15) is 5.11 Å². The van der Waals surface area contributed by atoms with Crippen LogP contribution in [0.1, 0.15) is 24.2 Å². The summed E-state index contributed by atoms with van der Waals surface area (Å²) in [6.07, 6.45) is 2.72. The predicted octanol–water partition coefficient (Wildman–Crippen LogP) is 2.52. The average Bonchev–Trinajstić information content (AvgIpc) is 2.59. The summed E-state index contributed by atoms with van der Waals surface area (Å²) in [5.74, 6) is 0.663. The third kappa shape index (κ3) is 5.88. The van der Waals surface area contributed by atoms with Crippen LogP contribution in [0.15, 0.2) is 53.8 Å². The highest BCUT2D eigenvalue weighted by molar-refractivity contribution is 6.30. The van der Waals surface area contributed by atoms with Crippen LogP contribution in [0.5, 0.6) is 0 Å². The van der Waals surface area contributed by atoms with Gasteiger partial charge in [-0.05, 0) is 42.3 Å². The van der Waals surface area contributed by atoms with Crippen LogP contribution in [0.3, 0.4) is 0 Å². The number of hydrogen-bond donors (Lipinski definition) is 3. The number of nitrogens with zero attached hydrogens (tertiary/aromatic N) is 2. The first-order valence-electron chi connectivity index (χ1n) is 7.53. The van der Waals surface area contributed by atoms with Gasteiger partial charge in [0.25, 0.3) is 0 Å². The molecule has 23 heavy (non-hydrogen) atoms. The molecule has 1 aromatic heterocycles. The van der Waals surface area contributed by atoms with E-state index in [-0.39, 0.29) is 0 Å².